The van der Waals surface area contributed by atoms with Crippen molar-refractivity contribution in [2.24, 2.45) is 0 Å². The third-order valence-electron chi connectivity index (χ3n) is 3.23. The number of carbonyl (C=O) groups excluding carboxylic acids is 1. The second-order valence-corrected chi connectivity index (χ2v) is 4.70. The number of rotatable bonds is 3. The van der Waals surface area contributed by atoms with Crippen molar-refractivity contribution in [3.8, 4) is 0 Å². The fourth-order valence-corrected chi connectivity index (χ4v) is 2.08. The van der Waals surface area contributed by atoms with Gasteiger partial charge in [-0.15, -0.1) is 0 Å². The Balaban J connectivity index is 1.82. The first-order chi connectivity index (χ1) is 10.3. The van der Waals surface area contributed by atoms with Crippen LogP contribution in [0.1, 0.15) is 16.1 Å². The van der Waals surface area contributed by atoms with Crippen LogP contribution < -0.4 is 5.32 Å². The minimum Gasteiger partial charge on any atom is -0.392 e. The number of pyridine rings is 1. The summed E-state index contributed by atoms with van der Waals surface area (Å²) >= 11 is 0. The van der Waals surface area contributed by atoms with Crippen LogP contribution in [0, 0.1) is 0 Å². The number of hydrogen-bond acceptors (Lipinski definition) is 3. The standard InChI is InChI=1S/C17H14N2O2/c20-11-12-5-8-14(9-6-12)18-17(21)16-10-7-13-3-1-2-4-15(13)19-16/h1-10,20H,11H2,(H,18,21). The van der Waals surface area contributed by atoms with Gasteiger partial charge >= 0.3 is 0 Å². The molecule has 4 heteroatoms. The predicted molar refractivity (Wildman–Crippen MR) is 82.1 cm³/mol. The summed E-state index contributed by atoms with van der Waals surface area (Å²) in [5.41, 5.74) is 2.64. The Morgan fingerprint density at radius 2 is 1.76 bits per heavy atom. The van der Waals surface area contributed by atoms with E-state index in [1.54, 1.807) is 30.3 Å². The van der Waals surface area contributed by atoms with Crippen molar-refractivity contribution in [1.82, 2.24) is 4.98 Å². The summed E-state index contributed by atoms with van der Waals surface area (Å²) in [6.45, 7) is -0.0134. The van der Waals surface area contributed by atoms with Crippen LogP contribution in [0.15, 0.2) is 60.7 Å². The van der Waals surface area contributed by atoms with Gasteiger partial charge in [-0.1, -0.05) is 36.4 Å². The highest BCUT2D eigenvalue weighted by molar-refractivity contribution is 6.04. The van der Waals surface area contributed by atoms with Gasteiger partial charge in [-0.2, -0.15) is 0 Å². The number of nitrogens with zero attached hydrogens (tertiary/aromatic N) is 1. The first-order valence-corrected chi connectivity index (χ1v) is 6.63. The summed E-state index contributed by atoms with van der Waals surface area (Å²) in [5, 5.41) is 12.8. The molecular formula is C17H14N2O2. The normalized spacial score (nSPS) is 10.5. The third kappa shape index (κ3) is 2.90. The molecule has 0 atom stereocenters. The zero-order valence-corrected chi connectivity index (χ0v) is 11.3. The number of amides is 1. The molecule has 3 aromatic rings. The minimum atomic E-state index is -0.252. The van der Waals surface area contributed by atoms with Crippen LogP contribution in [-0.2, 0) is 6.61 Å². The number of anilines is 1. The van der Waals surface area contributed by atoms with Crippen LogP contribution >= 0.6 is 0 Å². The average molecular weight is 278 g/mol. The maximum Gasteiger partial charge on any atom is 0.274 e. The molecule has 104 valence electrons. The SMILES string of the molecule is O=C(Nc1ccc(CO)cc1)c1ccc2ccccc2n1. The summed E-state index contributed by atoms with van der Waals surface area (Å²) in [4.78, 5) is 16.5. The van der Waals surface area contributed by atoms with Crippen molar-refractivity contribution in [3.63, 3.8) is 0 Å². The maximum absolute atomic E-state index is 12.2. The number of carbonyl (C=O) groups is 1. The Morgan fingerprint density at radius 3 is 2.52 bits per heavy atom. The van der Waals surface area contributed by atoms with Crippen molar-refractivity contribution < 1.29 is 9.90 Å². The number of aromatic nitrogens is 1. The van der Waals surface area contributed by atoms with Gasteiger partial charge in [0.1, 0.15) is 5.69 Å². The van der Waals surface area contributed by atoms with Gasteiger partial charge in [0.25, 0.3) is 5.91 Å². The van der Waals surface area contributed by atoms with E-state index < -0.39 is 0 Å². The Hall–Kier alpha value is -2.72. The molecule has 0 saturated carbocycles. The van der Waals surface area contributed by atoms with Crippen LogP contribution in [0.25, 0.3) is 10.9 Å². The number of fused-ring (bicyclic) bond motifs is 1. The molecule has 4 nitrogen and oxygen atoms in total. The van der Waals surface area contributed by atoms with Gasteiger partial charge in [0.15, 0.2) is 0 Å². The lowest BCUT2D eigenvalue weighted by Gasteiger charge is -2.06. The highest BCUT2D eigenvalue weighted by Crippen LogP contribution is 2.14. The molecule has 1 heterocycles. The maximum atomic E-state index is 12.2. The zero-order chi connectivity index (χ0) is 14.7. The van der Waals surface area contributed by atoms with Gasteiger partial charge < -0.3 is 10.4 Å². The second kappa shape index (κ2) is 5.73. The Morgan fingerprint density at radius 1 is 1.00 bits per heavy atom. The first kappa shape index (κ1) is 13.3. The number of para-hydroxylation sites is 1. The summed E-state index contributed by atoms with van der Waals surface area (Å²) in [6, 6.07) is 18.3. The molecule has 1 aromatic heterocycles. The van der Waals surface area contributed by atoms with E-state index in [2.05, 4.69) is 10.3 Å². The van der Waals surface area contributed by atoms with Crippen molar-refractivity contribution >= 4 is 22.5 Å². The van der Waals surface area contributed by atoms with E-state index in [1.165, 1.54) is 0 Å². The average Bonchev–Trinajstić information content (AvgIpc) is 2.55. The quantitative estimate of drug-likeness (QED) is 0.774. The van der Waals surface area contributed by atoms with Crippen molar-refractivity contribution in [2.75, 3.05) is 5.32 Å². The molecule has 0 bridgehead atoms. The molecule has 0 fully saturated rings. The van der Waals surface area contributed by atoms with Crippen molar-refractivity contribution in [1.29, 1.82) is 0 Å². The van der Waals surface area contributed by atoms with Crippen molar-refractivity contribution in [2.45, 2.75) is 6.61 Å². The van der Waals surface area contributed by atoms with E-state index in [1.807, 2.05) is 30.3 Å². The monoisotopic (exact) mass is 278 g/mol. The highest BCUT2D eigenvalue weighted by atomic mass is 16.3. The lowest BCUT2D eigenvalue weighted by molar-refractivity contribution is 0.102. The largest absolute Gasteiger partial charge is 0.392 e. The molecule has 2 N–H and O–H groups in total. The second-order valence-electron chi connectivity index (χ2n) is 4.70. The van der Waals surface area contributed by atoms with Crippen LogP contribution in [0.4, 0.5) is 5.69 Å². The van der Waals surface area contributed by atoms with Gasteiger partial charge in [-0.25, -0.2) is 4.98 Å². The molecule has 0 saturated heterocycles. The molecule has 0 spiro atoms. The topological polar surface area (TPSA) is 62.2 Å². The highest BCUT2D eigenvalue weighted by Gasteiger charge is 2.08. The zero-order valence-electron chi connectivity index (χ0n) is 11.3. The fraction of sp³-hybridized carbons (Fsp3) is 0.0588. The van der Waals surface area contributed by atoms with Crippen LogP contribution in [0.2, 0.25) is 0 Å². The Kier molecular flexibility index (Phi) is 3.62. The summed E-state index contributed by atoms with van der Waals surface area (Å²) in [7, 11) is 0. The van der Waals surface area contributed by atoms with E-state index in [0.717, 1.165) is 16.5 Å². The molecule has 3 rings (SSSR count). The lowest BCUT2D eigenvalue weighted by atomic mass is 10.2. The van der Waals surface area contributed by atoms with Gasteiger partial charge in [-0.3, -0.25) is 4.79 Å². The number of benzene rings is 2. The van der Waals surface area contributed by atoms with Gasteiger partial charge in [0.05, 0.1) is 12.1 Å². The summed E-state index contributed by atoms with van der Waals surface area (Å²) < 4.78 is 0. The minimum absolute atomic E-state index is 0.0134. The molecule has 1 amide bonds. The van der Waals surface area contributed by atoms with Crippen LogP contribution in [-0.4, -0.2) is 16.0 Å². The van der Waals surface area contributed by atoms with Gasteiger partial charge in [0, 0.05) is 11.1 Å². The van der Waals surface area contributed by atoms with Crippen LogP contribution in [0.3, 0.4) is 0 Å². The molecule has 21 heavy (non-hydrogen) atoms. The Labute approximate surface area is 122 Å². The smallest absolute Gasteiger partial charge is 0.274 e. The molecule has 0 aliphatic carbocycles. The molecule has 0 aliphatic rings. The van der Waals surface area contributed by atoms with E-state index in [-0.39, 0.29) is 12.5 Å². The van der Waals surface area contributed by atoms with Gasteiger partial charge in [0.2, 0.25) is 0 Å². The number of aliphatic hydroxyl groups excluding tert-OH is 1. The first-order valence-electron chi connectivity index (χ1n) is 6.63. The summed E-state index contributed by atoms with van der Waals surface area (Å²) in [6.07, 6.45) is 0. The van der Waals surface area contributed by atoms with E-state index in [9.17, 15) is 4.79 Å². The summed E-state index contributed by atoms with van der Waals surface area (Å²) in [5.74, 6) is -0.252. The van der Waals surface area contributed by atoms with E-state index >= 15 is 0 Å². The van der Waals surface area contributed by atoms with Crippen molar-refractivity contribution in [3.05, 3.63) is 71.9 Å². The number of aliphatic hydroxyl groups is 1. The van der Waals surface area contributed by atoms with Crippen LogP contribution in [0.5, 0.6) is 0 Å². The molecular weight excluding hydrogens is 264 g/mol. The Bertz CT molecular complexity index is 782. The van der Waals surface area contributed by atoms with E-state index in [4.69, 9.17) is 5.11 Å². The molecule has 0 aliphatic heterocycles. The van der Waals surface area contributed by atoms with Gasteiger partial charge in [-0.05, 0) is 29.8 Å². The molecule has 0 radical (unpaired) electrons. The lowest BCUT2D eigenvalue weighted by Crippen LogP contribution is -2.13. The predicted octanol–water partition coefficient (Wildman–Crippen LogP) is 2.98. The molecule has 0 unspecified atom stereocenters. The fourth-order valence-electron chi connectivity index (χ4n) is 2.08. The number of hydrogen-bond donors (Lipinski definition) is 2. The molecule has 2 aromatic carbocycles. The number of nitrogens with one attached hydrogen (secondary N) is 1. The third-order valence-corrected chi connectivity index (χ3v) is 3.23. The van der Waals surface area contributed by atoms with E-state index in [0.29, 0.717) is 11.4 Å².